The van der Waals surface area contributed by atoms with Crippen LogP contribution in [0.4, 0.5) is 0 Å². The summed E-state index contributed by atoms with van der Waals surface area (Å²) in [5, 5.41) is 8.57. The largest absolute Gasteiger partial charge is 0.468 e. The second-order valence-corrected chi connectivity index (χ2v) is 2.70. The maximum absolute atomic E-state index is 8.57. The minimum Gasteiger partial charge on any atom is -0.468 e. The van der Waals surface area contributed by atoms with E-state index in [-0.39, 0.29) is 13.4 Å². The smallest absolute Gasteiger partial charge is 0.188 e. The molecule has 0 heterocycles. The van der Waals surface area contributed by atoms with Crippen LogP contribution >= 0.6 is 0 Å². The van der Waals surface area contributed by atoms with Gasteiger partial charge in [-0.1, -0.05) is 24.3 Å². The quantitative estimate of drug-likeness (QED) is 0.725. The second kappa shape index (κ2) is 6.18. The molecule has 0 radical (unpaired) electrons. The Morgan fingerprint density at radius 2 is 2.00 bits per heavy atom. The fourth-order valence-corrected chi connectivity index (χ4v) is 0.991. The van der Waals surface area contributed by atoms with Gasteiger partial charge in [0.05, 0.1) is 6.61 Å². The van der Waals surface area contributed by atoms with E-state index < -0.39 is 0 Å². The molecule has 0 amide bonds. The van der Waals surface area contributed by atoms with Gasteiger partial charge >= 0.3 is 0 Å². The van der Waals surface area contributed by atoms with E-state index in [1.165, 1.54) is 0 Å². The molecule has 3 heteroatoms. The topological polar surface area (TPSA) is 38.7 Å². The van der Waals surface area contributed by atoms with E-state index in [4.69, 9.17) is 14.6 Å². The van der Waals surface area contributed by atoms with Crippen molar-refractivity contribution in [2.24, 2.45) is 0 Å². The Hall–Kier alpha value is -1.32. The van der Waals surface area contributed by atoms with Crippen LogP contribution in [0.3, 0.4) is 0 Å². The van der Waals surface area contributed by atoms with Gasteiger partial charge in [-0.2, -0.15) is 0 Å². The minimum absolute atomic E-state index is 0.0575. The van der Waals surface area contributed by atoms with Gasteiger partial charge in [0, 0.05) is 7.11 Å². The Balaban J connectivity index is 2.54. The van der Waals surface area contributed by atoms with Crippen LogP contribution in [0.5, 0.6) is 5.75 Å². The SMILES string of the molecule is COCOc1ccc(/C=C/CO)cc1. The number of ether oxygens (including phenoxy) is 2. The lowest BCUT2D eigenvalue weighted by Crippen LogP contribution is -1.98. The zero-order valence-electron chi connectivity index (χ0n) is 8.14. The molecule has 0 unspecified atom stereocenters. The molecule has 0 saturated heterocycles. The summed E-state index contributed by atoms with van der Waals surface area (Å²) in [5.74, 6) is 0.771. The van der Waals surface area contributed by atoms with Crippen LogP contribution < -0.4 is 4.74 Å². The molecule has 14 heavy (non-hydrogen) atoms. The lowest BCUT2D eigenvalue weighted by Gasteiger charge is -2.03. The van der Waals surface area contributed by atoms with Gasteiger partial charge in [-0.25, -0.2) is 0 Å². The van der Waals surface area contributed by atoms with Crippen molar-refractivity contribution in [2.45, 2.75) is 0 Å². The van der Waals surface area contributed by atoms with Crippen molar-refractivity contribution in [1.82, 2.24) is 0 Å². The molecular weight excluding hydrogens is 180 g/mol. The molecule has 1 aromatic carbocycles. The molecule has 0 saturated carbocycles. The first kappa shape index (κ1) is 10.8. The maximum atomic E-state index is 8.57. The number of aliphatic hydroxyl groups excluding tert-OH is 1. The highest BCUT2D eigenvalue weighted by Gasteiger charge is 1.91. The van der Waals surface area contributed by atoms with Crippen LogP contribution in [-0.2, 0) is 4.74 Å². The van der Waals surface area contributed by atoms with Crippen LogP contribution in [0.2, 0.25) is 0 Å². The summed E-state index contributed by atoms with van der Waals surface area (Å²) in [6.45, 7) is 0.313. The van der Waals surface area contributed by atoms with E-state index in [1.807, 2.05) is 30.3 Å². The van der Waals surface area contributed by atoms with Crippen molar-refractivity contribution in [3.63, 3.8) is 0 Å². The van der Waals surface area contributed by atoms with Crippen molar-refractivity contribution >= 4 is 6.08 Å². The molecule has 0 fully saturated rings. The highest BCUT2D eigenvalue weighted by molar-refractivity contribution is 5.50. The molecule has 0 aliphatic carbocycles. The Kier molecular flexibility index (Phi) is 4.75. The minimum atomic E-state index is 0.0575. The van der Waals surface area contributed by atoms with Crippen LogP contribution in [0.15, 0.2) is 30.3 Å². The molecule has 1 N–H and O–H groups in total. The summed E-state index contributed by atoms with van der Waals surface area (Å²) in [4.78, 5) is 0. The molecule has 0 atom stereocenters. The predicted molar refractivity (Wildman–Crippen MR) is 55.1 cm³/mol. The first-order valence-electron chi connectivity index (χ1n) is 4.36. The summed E-state index contributed by atoms with van der Waals surface area (Å²) in [7, 11) is 1.58. The van der Waals surface area contributed by atoms with Gasteiger partial charge in [0.15, 0.2) is 6.79 Å². The van der Waals surface area contributed by atoms with Crippen LogP contribution in [-0.4, -0.2) is 25.6 Å². The number of hydrogen-bond donors (Lipinski definition) is 1. The summed E-state index contributed by atoms with van der Waals surface area (Å²) in [6.07, 6.45) is 3.53. The molecule has 0 aromatic heterocycles. The van der Waals surface area contributed by atoms with Crippen LogP contribution in [0, 0.1) is 0 Å². The van der Waals surface area contributed by atoms with Crippen molar-refractivity contribution in [2.75, 3.05) is 20.5 Å². The highest BCUT2D eigenvalue weighted by Crippen LogP contribution is 2.12. The zero-order valence-corrected chi connectivity index (χ0v) is 8.14. The van der Waals surface area contributed by atoms with Crippen molar-refractivity contribution in [3.05, 3.63) is 35.9 Å². The third-order valence-corrected chi connectivity index (χ3v) is 1.64. The summed E-state index contributed by atoms with van der Waals surface area (Å²) in [5.41, 5.74) is 1.03. The van der Waals surface area contributed by atoms with E-state index in [0.29, 0.717) is 0 Å². The van der Waals surface area contributed by atoms with Gasteiger partial charge < -0.3 is 14.6 Å². The van der Waals surface area contributed by atoms with E-state index in [2.05, 4.69) is 0 Å². The molecule has 3 nitrogen and oxygen atoms in total. The normalized spacial score (nSPS) is 10.7. The van der Waals surface area contributed by atoms with E-state index in [9.17, 15) is 0 Å². The highest BCUT2D eigenvalue weighted by atomic mass is 16.7. The van der Waals surface area contributed by atoms with E-state index in [0.717, 1.165) is 11.3 Å². The van der Waals surface area contributed by atoms with E-state index >= 15 is 0 Å². The van der Waals surface area contributed by atoms with Crippen LogP contribution in [0.25, 0.3) is 6.08 Å². The van der Waals surface area contributed by atoms with Gasteiger partial charge in [-0.05, 0) is 17.7 Å². The average Bonchev–Trinajstić information content (AvgIpc) is 2.25. The molecule has 0 aliphatic heterocycles. The third kappa shape index (κ3) is 3.60. The fraction of sp³-hybridized carbons (Fsp3) is 0.273. The monoisotopic (exact) mass is 194 g/mol. The Morgan fingerprint density at radius 3 is 2.57 bits per heavy atom. The molecule has 0 bridgehead atoms. The molecular formula is C11H14O3. The molecule has 1 aromatic rings. The first-order chi connectivity index (χ1) is 6.86. The molecule has 0 aliphatic rings. The molecule has 1 rings (SSSR count). The Labute approximate surface area is 83.6 Å². The maximum Gasteiger partial charge on any atom is 0.188 e. The van der Waals surface area contributed by atoms with Gasteiger partial charge in [0.1, 0.15) is 5.75 Å². The Bertz CT molecular complexity index is 277. The van der Waals surface area contributed by atoms with Gasteiger partial charge in [0.25, 0.3) is 0 Å². The summed E-state index contributed by atoms with van der Waals surface area (Å²) >= 11 is 0. The van der Waals surface area contributed by atoms with E-state index in [1.54, 1.807) is 13.2 Å². The fourth-order valence-electron chi connectivity index (χ4n) is 0.991. The first-order valence-corrected chi connectivity index (χ1v) is 4.36. The summed E-state index contributed by atoms with van der Waals surface area (Å²) < 4.78 is 9.99. The average molecular weight is 194 g/mol. The number of methoxy groups -OCH3 is 1. The predicted octanol–water partition coefficient (Wildman–Crippen LogP) is 1.67. The number of aliphatic hydroxyl groups is 1. The van der Waals surface area contributed by atoms with Gasteiger partial charge in [0.2, 0.25) is 0 Å². The molecule has 76 valence electrons. The Morgan fingerprint density at radius 1 is 1.29 bits per heavy atom. The lowest BCUT2D eigenvalue weighted by atomic mass is 10.2. The van der Waals surface area contributed by atoms with Crippen molar-refractivity contribution < 1.29 is 14.6 Å². The molecule has 0 spiro atoms. The lowest BCUT2D eigenvalue weighted by molar-refractivity contribution is 0.0511. The van der Waals surface area contributed by atoms with Crippen molar-refractivity contribution in [3.8, 4) is 5.75 Å². The van der Waals surface area contributed by atoms with Crippen LogP contribution in [0.1, 0.15) is 5.56 Å². The van der Waals surface area contributed by atoms with Gasteiger partial charge in [-0.3, -0.25) is 0 Å². The standard InChI is InChI=1S/C11H14O3/c1-13-9-14-11-6-4-10(5-7-11)3-2-8-12/h2-7,12H,8-9H2,1H3/b3-2+. The number of benzene rings is 1. The number of rotatable bonds is 5. The van der Waals surface area contributed by atoms with Crippen molar-refractivity contribution in [1.29, 1.82) is 0 Å². The zero-order chi connectivity index (χ0) is 10.2. The summed E-state index contributed by atoms with van der Waals surface area (Å²) in [6, 6.07) is 7.54. The third-order valence-electron chi connectivity index (χ3n) is 1.64. The second-order valence-electron chi connectivity index (χ2n) is 2.70. The van der Waals surface area contributed by atoms with Gasteiger partial charge in [-0.15, -0.1) is 0 Å². The number of hydrogen-bond acceptors (Lipinski definition) is 3.